The number of amides is 1. The fourth-order valence-electron chi connectivity index (χ4n) is 5.29. The number of nitrogens with one attached hydrogen (secondary N) is 2. The van der Waals surface area contributed by atoms with Gasteiger partial charge in [-0.15, -0.1) is 0 Å². The van der Waals surface area contributed by atoms with Crippen molar-refractivity contribution in [2.75, 3.05) is 58.4 Å². The molecule has 4 heterocycles. The van der Waals surface area contributed by atoms with Gasteiger partial charge in [-0.25, -0.2) is 9.97 Å². The third kappa shape index (κ3) is 6.83. The summed E-state index contributed by atoms with van der Waals surface area (Å²) in [6, 6.07) is 14.0. The van der Waals surface area contributed by atoms with Crippen molar-refractivity contribution in [3.63, 3.8) is 0 Å². The Balaban J connectivity index is 1.26. The number of hydrogen-bond donors (Lipinski definition) is 2. The van der Waals surface area contributed by atoms with E-state index in [9.17, 15) is 4.79 Å². The molecule has 5 rings (SSSR count). The lowest BCUT2D eigenvalue weighted by Crippen LogP contribution is -2.43. The van der Waals surface area contributed by atoms with E-state index in [1.54, 1.807) is 37.4 Å². The maximum absolute atomic E-state index is 12.4. The minimum absolute atomic E-state index is 0.107. The molecule has 0 radical (unpaired) electrons. The Morgan fingerprint density at radius 2 is 1.88 bits per heavy atom. The van der Waals surface area contributed by atoms with Crippen LogP contribution in [0.25, 0.3) is 22.2 Å². The van der Waals surface area contributed by atoms with Crippen LogP contribution in [-0.4, -0.2) is 94.0 Å². The summed E-state index contributed by atoms with van der Waals surface area (Å²) in [6.45, 7) is 8.15. The second-order valence-corrected chi connectivity index (χ2v) is 11.6. The van der Waals surface area contributed by atoms with Crippen LogP contribution in [0, 0.1) is 0 Å². The Morgan fingerprint density at radius 3 is 2.61 bits per heavy atom. The molecule has 2 N–H and O–H groups in total. The first kappa shape index (κ1) is 28.9. The Morgan fingerprint density at radius 1 is 1.05 bits per heavy atom. The Kier molecular flexibility index (Phi) is 9.43. The monoisotopic (exact) mass is 570 g/mol. The van der Waals surface area contributed by atoms with Gasteiger partial charge >= 0.3 is 0 Å². The predicted molar refractivity (Wildman–Crippen MR) is 167 cm³/mol. The lowest BCUT2D eigenvalue weighted by Gasteiger charge is -2.32. The standard InChI is InChI=1S/C31H38N8OS/c1-21(24-6-5-7-25-26(31(40)32-2)10-11-33-30(24)25)28(41-4)18-35-29-16-27(36-20-37-29)22-8-9-23(34-17-22)19-39-14-12-38(3)13-15-39/h5-11,16-17,20-21,28H,12-15,18-19H2,1-4H3,(H,32,40)(H,35,36,37). The molecule has 0 saturated carbocycles. The zero-order chi connectivity index (χ0) is 28.8. The number of fused-ring (bicyclic) bond motifs is 1. The van der Waals surface area contributed by atoms with Crippen LogP contribution in [0.3, 0.4) is 0 Å². The van der Waals surface area contributed by atoms with E-state index in [0.29, 0.717) is 12.1 Å². The van der Waals surface area contributed by atoms with Crippen LogP contribution in [0.1, 0.15) is 34.5 Å². The molecular weight excluding hydrogens is 532 g/mol. The van der Waals surface area contributed by atoms with Crippen molar-refractivity contribution < 1.29 is 4.79 Å². The predicted octanol–water partition coefficient (Wildman–Crippen LogP) is 4.14. The van der Waals surface area contributed by atoms with Crippen molar-refractivity contribution in [3.8, 4) is 11.3 Å². The van der Waals surface area contributed by atoms with Crippen molar-refractivity contribution >= 4 is 34.4 Å². The largest absolute Gasteiger partial charge is 0.369 e. The molecule has 214 valence electrons. The van der Waals surface area contributed by atoms with Gasteiger partial charge in [0.25, 0.3) is 5.91 Å². The summed E-state index contributed by atoms with van der Waals surface area (Å²) in [7, 11) is 3.82. The normalized spacial score (nSPS) is 15.9. The minimum Gasteiger partial charge on any atom is -0.369 e. The maximum atomic E-state index is 12.4. The van der Waals surface area contributed by atoms with Gasteiger partial charge in [0.05, 0.1) is 22.5 Å². The van der Waals surface area contributed by atoms with E-state index in [-0.39, 0.29) is 17.1 Å². The second-order valence-electron chi connectivity index (χ2n) is 10.5. The molecule has 10 heteroatoms. The molecule has 41 heavy (non-hydrogen) atoms. The van der Waals surface area contributed by atoms with Gasteiger partial charge in [0.2, 0.25) is 0 Å². The summed E-state index contributed by atoms with van der Waals surface area (Å²) < 4.78 is 0. The maximum Gasteiger partial charge on any atom is 0.251 e. The summed E-state index contributed by atoms with van der Waals surface area (Å²) in [5.41, 5.74) is 5.53. The van der Waals surface area contributed by atoms with Gasteiger partial charge in [-0.05, 0) is 43.0 Å². The van der Waals surface area contributed by atoms with Gasteiger partial charge in [0.1, 0.15) is 12.1 Å². The number of piperazine rings is 1. The number of nitrogens with zero attached hydrogens (tertiary/aromatic N) is 6. The molecule has 1 saturated heterocycles. The highest BCUT2D eigenvalue weighted by atomic mass is 32.2. The number of likely N-dealkylation sites (N-methyl/N-ethyl adjacent to an activating group) is 1. The molecule has 1 amide bonds. The number of para-hydroxylation sites is 1. The van der Waals surface area contributed by atoms with Gasteiger partial charge in [0.15, 0.2) is 0 Å². The van der Waals surface area contributed by atoms with Crippen molar-refractivity contribution in [3.05, 3.63) is 78.0 Å². The Hall–Kier alpha value is -3.60. The van der Waals surface area contributed by atoms with Gasteiger partial charge in [-0.1, -0.05) is 25.1 Å². The van der Waals surface area contributed by atoms with Crippen molar-refractivity contribution in [1.82, 2.24) is 35.1 Å². The number of carbonyl (C=O) groups excluding carboxylic acids is 1. The third-order valence-electron chi connectivity index (χ3n) is 7.88. The molecular formula is C31H38N8OS. The quantitative estimate of drug-likeness (QED) is 0.291. The van der Waals surface area contributed by atoms with Crippen LogP contribution in [0.15, 0.2) is 61.2 Å². The number of rotatable bonds is 10. The highest BCUT2D eigenvalue weighted by Gasteiger charge is 2.22. The van der Waals surface area contributed by atoms with E-state index in [4.69, 9.17) is 4.98 Å². The van der Waals surface area contributed by atoms with E-state index in [1.807, 2.05) is 24.4 Å². The van der Waals surface area contributed by atoms with Crippen molar-refractivity contribution in [2.24, 2.45) is 0 Å². The molecule has 0 aliphatic carbocycles. The van der Waals surface area contributed by atoms with E-state index >= 15 is 0 Å². The number of pyridine rings is 2. The van der Waals surface area contributed by atoms with E-state index in [1.165, 1.54) is 0 Å². The first-order valence-corrected chi connectivity index (χ1v) is 15.3. The lowest BCUT2D eigenvalue weighted by molar-refractivity contribution is 0.0964. The lowest BCUT2D eigenvalue weighted by atomic mass is 9.93. The molecule has 1 aliphatic rings. The van der Waals surface area contributed by atoms with E-state index in [0.717, 1.165) is 72.0 Å². The first-order chi connectivity index (χ1) is 20.0. The highest BCUT2D eigenvalue weighted by molar-refractivity contribution is 7.99. The summed E-state index contributed by atoms with van der Waals surface area (Å²) in [5.74, 6) is 0.859. The van der Waals surface area contributed by atoms with Crippen LogP contribution in [0.2, 0.25) is 0 Å². The number of carbonyl (C=O) groups is 1. The van der Waals surface area contributed by atoms with Crippen LogP contribution >= 0.6 is 11.8 Å². The molecule has 1 fully saturated rings. The van der Waals surface area contributed by atoms with Crippen LogP contribution in [0.5, 0.6) is 0 Å². The molecule has 1 aliphatic heterocycles. The SMILES string of the molecule is CNC(=O)c1ccnc2c(C(C)C(CNc3cc(-c4ccc(CN5CCN(C)CC5)nc4)ncn3)SC)cccc12. The first-order valence-electron chi connectivity index (χ1n) is 14.0. The molecule has 2 atom stereocenters. The fraction of sp³-hybridized carbons (Fsp3) is 0.387. The molecule has 0 bridgehead atoms. The van der Waals surface area contributed by atoms with Gasteiger partial charge in [-0.2, -0.15) is 11.8 Å². The number of thioether (sulfide) groups is 1. The number of anilines is 1. The smallest absolute Gasteiger partial charge is 0.251 e. The molecule has 9 nitrogen and oxygen atoms in total. The van der Waals surface area contributed by atoms with Crippen molar-refractivity contribution in [1.29, 1.82) is 0 Å². The molecule has 4 aromatic rings. The Labute approximate surface area is 246 Å². The summed E-state index contributed by atoms with van der Waals surface area (Å²) in [4.78, 5) is 35.6. The number of hydrogen-bond acceptors (Lipinski definition) is 9. The van der Waals surface area contributed by atoms with Crippen LogP contribution < -0.4 is 10.6 Å². The Bertz CT molecular complexity index is 1470. The zero-order valence-corrected chi connectivity index (χ0v) is 25.0. The highest BCUT2D eigenvalue weighted by Crippen LogP contribution is 2.32. The summed E-state index contributed by atoms with van der Waals surface area (Å²) in [5, 5.41) is 7.37. The van der Waals surface area contributed by atoms with Crippen molar-refractivity contribution in [2.45, 2.75) is 24.6 Å². The minimum atomic E-state index is -0.107. The van der Waals surface area contributed by atoms with Crippen LogP contribution in [-0.2, 0) is 6.54 Å². The number of aromatic nitrogens is 4. The van der Waals surface area contributed by atoms with Gasteiger partial charge in [-0.3, -0.25) is 19.7 Å². The average Bonchev–Trinajstić information content (AvgIpc) is 3.02. The van der Waals surface area contributed by atoms with E-state index < -0.39 is 0 Å². The van der Waals surface area contributed by atoms with E-state index in [2.05, 4.69) is 73.8 Å². The fourth-order valence-corrected chi connectivity index (χ4v) is 6.09. The molecule has 0 spiro atoms. The molecule has 3 aromatic heterocycles. The molecule has 1 aromatic carbocycles. The number of benzene rings is 1. The summed E-state index contributed by atoms with van der Waals surface area (Å²) in [6.07, 6.45) is 7.34. The van der Waals surface area contributed by atoms with Crippen LogP contribution in [0.4, 0.5) is 5.82 Å². The topological polar surface area (TPSA) is 99.2 Å². The zero-order valence-electron chi connectivity index (χ0n) is 24.2. The third-order valence-corrected chi connectivity index (χ3v) is 9.06. The summed E-state index contributed by atoms with van der Waals surface area (Å²) >= 11 is 1.80. The second kappa shape index (κ2) is 13.4. The van der Waals surface area contributed by atoms with Gasteiger partial charge < -0.3 is 15.5 Å². The van der Waals surface area contributed by atoms with Gasteiger partial charge in [0, 0.05) is 81.0 Å². The molecule has 2 unspecified atom stereocenters. The average molecular weight is 571 g/mol.